The quantitative estimate of drug-likeness (QED) is 0.750. The molecule has 1 unspecified atom stereocenters. The summed E-state index contributed by atoms with van der Waals surface area (Å²) in [6.07, 6.45) is 7.10. The van der Waals surface area contributed by atoms with Crippen LogP contribution in [0.15, 0.2) is 30.5 Å². The number of anilines is 2. The number of nitrogens with one attached hydrogen (secondary N) is 1. The molecule has 0 aromatic carbocycles. The lowest BCUT2D eigenvalue weighted by molar-refractivity contribution is -0.125. The zero-order valence-electron chi connectivity index (χ0n) is 16.4. The molecule has 2 aliphatic rings. The molecule has 2 aromatic rings. The van der Waals surface area contributed by atoms with Crippen molar-refractivity contribution >= 4 is 40.6 Å². The summed E-state index contributed by atoms with van der Waals surface area (Å²) in [5.74, 6) is 2.48. The number of rotatable bonds is 4. The molecule has 4 heterocycles. The van der Waals surface area contributed by atoms with Crippen LogP contribution in [0.1, 0.15) is 27.9 Å². The molecule has 4 rings (SSSR count). The minimum Gasteiger partial charge on any atom is -0.370 e. The minimum atomic E-state index is -0.727. The second-order valence-electron chi connectivity index (χ2n) is 7.45. The van der Waals surface area contributed by atoms with Crippen LogP contribution in [0.2, 0.25) is 0 Å². The van der Waals surface area contributed by atoms with E-state index in [2.05, 4.69) is 16.2 Å². The van der Waals surface area contributed by atoms with Gasteiger partial charge in [-0.3, -0.25) is 19.3 Å². The van der Waals surface area contributed by atoms with E-state index in [1.54, 1.807) is 40.3 Å². The fourth-order valence-electron chi connectivity index (χ4n) is 3.58. The number of carbonyl (C=O) groups is 3. The Hall–Kier alpha value is -3.22. The van der Waals surface area contributed by atoms with Gasteiger partial charge in [-0.25, -0.2) is 4.98 Å². The van der Waals surface area contributed by atoms with Crippen molar-refractivity contribution in [2.45, 2.75) is 18.9 Å². The van der Waals surface area contributed by atoms with Gasteiger partial charge in [-0.2, -0.15) is 0 Å². The summed E-state index contributed by atoms with van der Waals surface area (Å²) in [6.45, 7) is 3.13. The van der Waals surface area contributed by atoms with E-state index in [4.69, 9.17) is 11.2 Å². The number of ether oxygens (including phenoxy) is 1. The third kappa shape index (κ3) is 3.92. The molecule has 0 aliphatic carbocycles. The van der Waals surface area contributed by atoms with Crippen molar-refractivity contribution < 1.29 is 19.1 Å². The van der Waals surface area contributed by atoms with Gasteiger partial charge in [0.2, 0.25) is 5.91 Å². The Kier molecular flexibility index (Phi) is 5.28. The Morgan fingerprint density at radius 1 is 1.27 bits per heavy atom. The average Bonchev–Trinajstić information content (AvgIpc) is 3.33. The van der Waals surface area contributed by atoms with Crippen LogP contribution in [0, 0.1) is 12.3 Å². The van der Waals surface area contributed by atoms with Gasteiger partial charge in [0.05, 0.1) is 46.7 Å². The maximum Gasteiger partial charge on any atom is 0.261 e. The average molecular weight is 424 g/mol. The Labute approximate surface area is 177 Å². The van der Waals surface area contributed by atoms with Crippen molar-refractivity contribution in [2.75, 3.05) is 36.1 Å². The van der Waals surface area contributed by atoms with Crippen molar-refractivity contribution in [3.05, 3.63) is 40.2 Å². The molecule has 30 heavy (non-hydrogen) atoms. The van der Waals surface area contributed by atoms with E-state index in [1.807, 2.05) is 6.92 Å². The molecule has 0 saturated carbocycles. The van der Waals surface area contributed by atoms with Gasteiger partial charge in [-0.1, -0.05) is 5.92 Å². The standard InChI is InChI=1S/C21H20N4O4S/c1-3-15-5-6-16(30-15)20(28)23-21(2)10-18(26)25(13-21)17-7-4-14(11-22-17)24-8-9-29-12-19(24)27/h1,4-7,11H,8-10,12-13H2,2H3,(H,23,28). The van der Waals surface area contributed by atoms with Gasteiger partial charge in [-0.15, -0.1) is 17.8 Å². The van der Waals surface area contributed by atoms with E-state index >= 15 is 0 Å². The van der Waals surface area contributed by atoms with E-state index in [0.717, 1.165) is 0 Å². The summed E-state index contributed by atoms with van der Waals surface area (Å²) in [5.41, 5.74) is -0.0635. The molecule has 0 spiro atoms. The summed E-state index contributed by atoms with van der Waals surface area (Å²) >= 11 is 1.24. The van der Waals surface area contributed by atoms with Crippen LogP contribution >= 0.6 is 11.3 Å². The van der Waals surface area contributed by atoms with Crippen molar-refractivity contribution in [1.82, 2.24) is 10.3 Å². The number of aromatic nitrogens is 1. The number of terminal acetylenes is 1. The minimum absolute atomic E-state index is 0.0531. The number of hydrogen-bond acceptors (Lipinski definition) is 6. The second kappa shape index (κ2) is 7.89. The SMILES string of the molecule is C#Cc1ccc(C(=O)NC2(C)CC(=O)N(c3ccc(N4CCOCC4=O)cn3)C2)s1. The van der Waals surface area contributed by atoms with Crippen LogP contribution in [-0.4, -0.2) is 54.5 Å². The molecule has 0 bridgehead atoms. The van der Waals surface area contributed by atoms with E-state index in [9.17, 15) is 14.4 Å². The van der Waals surface area contributed by atoms with Gasteiger partial charge >= 0.3 is 0 Å². The van der Waals surface area contributed by atoms with Crippen LogP contribution < -0.4 is 15.1 Å². The van der Waals surface area contributed by atoms with E-state index < -0.39 is 5.54 Å². The van der Waals surface area contributed by atoms with Gasteiger partial charge in [0.1, 0.15) is 12.4 Å². The lowest BCUT2D eigenvalue weighted by atomic mass is 10.0. The summed E-state index contributed by atoms with van der Waals surface area (Å²) in [6, 6.07) is 6.88. The predicted molar refractivity (Wildman–Crippen MR) is 113 cm³/mol. The number of carbonyl (C=O) groups excluding carboxylic acids is 3. The Balaban J connectivity index is 1.45. The van der Waals surface area contributed by atoms with Crippen LogP contribution in [0.25, 0.3) is 0 Å². The highest BCUT2D eigenvalue weighted by molar-refractivity contribution is 7.14. The second-order valence-corrected chi connectivity index (χ2v) is 8.54. The number of amides is 3. The molecule has 2 aliphatic heterocycles. The van der Waals surface area contributed by atoms with Crippen LogP contribution in [0.4, 0.5) is 11.5 Å². The lowest BCUT2D eigenvalue weighted by Crippen LogP contribution is -2.47. The highest BCUT2D eigenvalue weighted by Gasteiger charge is 2.42. The Morgan fingerprint density at radius 3 is 2.77 bits per heavy atom. The van der Waals surface area contributed by atoms with Crippen LogP contribution in [-0.2, 0) is 14.3 Å². The smallest absolute Gasteiger partial charge is 0.261 e. The molecule has 2 saturated heterocycles. The van der Waals surface area contributed by atoms with Crippen molar-refractivity contribution in [3.63, 3.8) is 0 Å². The molecule has 8 nitrogen and oxygen atoms in total. The monoisotopic (exact) mass is 424 g/mol. The van der Waals surface area contributed by atoms with Crippen LogP contribution in [0.3, 0.4) is 0 Å². The number of nitrogens with zero attached hydrogens (tertiary/aromatic N) is 3. The van der Waals surface area contributed by atoms with Crippen LogP contribution in [0.5, 0.6) is 0 Å². The number of pyridine rings is 1. The topological polar surface area (TPSA) is 91.8 Å². The Bertz CT molecular complexity index is 1040. The zero-order chi connectivity index (χ0) is 21.3. The van der Waals surface area contributed by atoms with E-state index in [0.29, 0.717) is 41.0 Å². The molecule has 2 aromatic heterocycles. The van der Waals surface area contributed by atoms with Gasteiger partial charge in [-0.05, 0) is 31.2 Å². The van der Waals surface area contributed by atoms with Crippen molar-refractivity contribution in [2.24, 2.45) is 0 Å². The van der Waals surface area contributed by atoms with Gasteiger partial charge in [0.25, 0.3) is 11.8 Å². The molecule has 2 fully saturated rings. The fourth-order valence-corrected chi connectivity index (χ4v) is 4.29. The maximum atomic E-state index is 12.6. The highest BCUT2D eigenvalue weighted by Crippen LogP contribution is 2.29. The molecular formula is C21H20N4O4S. The van der Waals surface area contributed by atoms with Gasteiger partial charge in [0.15, 0.2) is 0 Å². The maximum absolute atomic E-state index is 12.6. The van der Waals surface area contributed by atoms with Crippen molar-refractivity contribution in [1.29, 1.82) is 0 Å². The first-order chi connectivity index (χ1) is 14.4. The largest absolute Gasteiger partial charge is 0.370 e. The first-order valence-corrected chi connectivity index (χ1v) is 10.2. The third-order valence-electron chi connectivity index (χ3n) is 5.04. The number of morpholine rings is 1. The van der Waals surface area contributed by atoms with E-state index in [1.165, 1.54) is 11.3 Å². The van der Waals surface area contributed by atoms with Gasteiger partial charge in [0, 0.05) is 6.54 Å². The first kappa shape index (κ1) is 20.1. The third-order valence-corrected chi connectivity index (χ3v) is 6.06. The lowest BCUT2D eigenvalue weighted by Gasteiger charge is -2.27. The number of thiophene rings is 1. The molecule has 1 N–H and O–H groups in total. The molecule has 9 heteroatoms. The molecule has 154 valence electrons. The summed E-state index contributed by atoms with van der Waals surface area (Å²) < 4.78 is 5.14. The van der Waals surface area contributed by atoms with E-state index in [-0.39, 0.29) is 30.7 Å². The molecule has 3 amide bonds. The molecular weight excluding hydrogens is 404 g/mol. The summed E-state index contributed by atoms with van der Waals surface area (Å²) in [5, 5.41) is 2.95. The predicted octanol–water partition coefficient (Wildman–Crippen LogP) is 1.41. The normalized spacial score (nSPS) is 21.6. The zero-order valence-corrected chi connectivity index (χ0v) is 17.2. The number of hydrogen-bond donors (Lipinski definition) is 1. The molecule has 0 radical (unpaired) electrons. The molecule has 1 atom stereocenters. The Morgan fingerprint density at radius 2 is 2.10 bits per heavy atom. The first-order valence-electron chi connectivity index (χ1n) is 9.42. The van der Waals surface area contributed by atoms with Gasteiger partial charge < -0.3 is 15.0 Å². The summed E-state index contributed by atoms with van der Waals surface area (Å²) in [7, 11) is 0. The van der Waals surface area contributed by atoms with Crippen molar-refractivity contribution in [3.8, 4) is 12.3 Å². The summed E-state index contributed by atoms with van der Waals surface area (Å²) in [4.78, 5) is 45.9. The fraction of sp³-hybridized carbons (Fsp3) is 0.333. The highest BCUT2D eigenvalue weighted by atomic mass is 32.1.